The van der Waals surface area contributed by atoms with Gasteiger partial charge in [-0.3, -0.25) is 27.7 Å². The van der Waals surface area contributed by atoms with Crippen LogP contribution in [0.15, 0.2) is 12.5 Å². The molecule has 5 N–H and O–H groups in total. The summed E-state index contributed by atoms with van der Waals surface area (Å²) in [6.07, 6.45) is 0.0586. The predicted molar refractivity (Wildman–Crippen MR) is 144 cm³/mol. The van der Waals surface area contributed by atoms with E-state index >= 15 is 0 Å². The highest BCUT2D eigenvalue weighted by molar-refractivity contribution is 8.13. The van der Waals surface area contributed by atoms with Crippen molar-refractivity contribution in [1.29, 1.82) is 0 Å². The SMILES string of the molecule is CC(C)[C@H](N)C(=O)OCC(C)(C)C(=O)SCCO[P@]1(=O)OC[C@H]2O[C@@H](n3cnc4cnc(N)nc43)[C@](C)(O)[C@@H]2O1. The van der Waals surface area contributed by atoms with Crippen molar-refractivity contribution in [2.45, 2.75) is 64.7 Å². The molecule has 0 bridgehead atoms. The van der Waals surface area contributed by atoms with Crippen molar-refractivity contribution in [3.05, 3.63) is 12.5 Å². The van der Waals surface area contributed by atoms with Gasteiger partial charge in [-0.1, -0.05) is 25.6 Å². The fourth-order valence-corrected chi connectivity index (χ4v) is 6.50. The number of hydrogen-bond donors (Lipinski definition) is 3. The number of aliphatic hydroxyl groups is 1. The molecule has 2 fully saturated rings. The van der Waals surface area contributed by atoms with E-state index in [9.17, 15) is 19.3 Å². The minimum atomic E-state index is -4.09. The van der Waals surface area contributed by atoms with Gasteiger partial charge in [-0.05, 0) is 26.7 Å². The number of rotatable bonds is 10. The van der Waals surface area contributed by atoms with Crippen molar-refractivity contribution in [2.24, 2.45) is 17.1 Å². The van der Waals surface area contributed by atoms with Crippen LogP contribution in [0.3, 0.4) is 0 Å². The number of thioether (sulfide) groups is 1. The number of carbonyl (C=O) groups excluding carboxylic acids is 2. The highest BCUT2D eigenvalue weighted by atomic mass is 32.2. The third-order valence-corrected chi connectivity index (χ3v) is 9.26. The number of nitrogen functional groups attached to an aromatic ring is 1. The fraction of sp³-hybridized carbons (Fsp3) is 0.696. The first-order valence-electron chi connectivity index (χ1n) is 12.6. The number of esters is 1. The molecule has 2 aliphatic rings. The van der Waals surface area contributed by atoms with E-state index in [0.29, 0.717) is 11.2 Å². The number of hydrogen-bond acceptors (Lipinski definition) is 15. The summed E-state index contributed by atoms with van der Waals surface area (Å²) in [6, 6.07) is -0.771. The van der Waals surface area contributed by atoms with Gasteiger partial charge in [0.2, 0.25) is 5.95 Å². The highest BCUT2D eigenvalue weighted by Crippen LogP contribution is 2.58. The molecule has 0 radical (unpaired) electrons. The Hall–Kier alpha value is -2.17. The maximum atomic E-state index is 13.2. The van der Waals surface area contributed by atoms with Gasteiger partial charge < -0.3 is 26.0 Å². The number of ether oxygens (including phenoxy) is 2. The van der Waals surface area contributed by atoms with Gasteiger partial charge in [-0.15, -0.1) is 0 Å². The molecule has 0 aliphatic carbocycles. The summed E-state index contributed by atoms with van der Waals surface area (Å²) in [7, 11) is -4.09. The molecule has 2 aliphatic heterocycles. The first kappa shape index (κ1) is 30.8. The van der Waals surface area contributed by atoms with Crippen LogP contribution in [-0.4, -0.2) is 85.1 Å². The van der Waals surface area contributed by atoms with E-state index < -0.39 is 49.3 Å². The second-order valence-corrected chi connectivity index (χ2v) is 13.5. The zero-order chi connectivity index (χ0) is 29.5. The molecule has 15 nitrogen and oxygen atoms in total. The van der Waals surface area contributed by atoms with Gasteiger partial charge in [-0.2, -0.15) is 4.98 Å². The molecule has 6 atom stereocenters. The van der Waals surface area contributed by atoms with Gasteiger partial charge in [0.25, 0.3) is 0 Å². The molecule has 4 heterocycles. The van der Waals surface area contributed by atoms with Crippen molar-refractivity contribution in [2.75, 3.05) is 31.3 Å². The lowest BCUT2D eigenvalue weighted by Gasteiger charge is -2.35. The predicted octanol–water partition coefficient (Wildman–Crippen LogP) is 1.41. The van der Waals surface area contributed by atoms with Crippen LogP contribution in [0, 0.1) is 11.3 Å². The number of nitrogens with two attached hydrogens (primary N) is 2. The number of anilines is 1. The van der Waals surface area contributed by atoms with Gasteiger partial charge in [0.05, 0.1) is 31.2 Å². The van der Waals surface area contributed by atoms with E-state index in [1.807, 2.05) is 0 Å². The molecule has 2 aromatic heterocycles. The van der Waals surface area contributed by atoms with Crippen LogP contribution < -0.4 is 11.5 Å². The molecule has 4 rings (SSSR count). The summed E-state index contributed by atoms with van der Waals surface area (Å²) in [5.41, 5.74) is 9.63. The number of nitrogens with zero attached hydrogens (tertiary/aromatic N) is 4. The zero-order valence-corrected chi connectivity index (χ0v) is 24.6. The van der Waals surface area contributed by atoms with Crippen LogP contribution >= 0.6 is 19.6 Å². The summed E-state index contributed by atoms with van der Waals surface area (Å²) in [4.78, 5) is 37.0. The molecule has 0 aromatic carbocycles. The Balaban J connectivity index is 1.30. The first-order valence-corrected chi connectivity index (χ1v) is 15.1. The third kappa shape index (κ3) is 6.34. The number of imidazole rings is 1. The van der Waals surface area contributed by atoms with Crippen LogP contribution in [0.4, 0.5) is 5.95 Å². The van der Waals surface area contributed by atoms with Crippen LogP contribution in [0.1, 0.15) is 40.8 Å². The number of aromatic nitrogens is 4. The molecular formula is C23H35N6O9PS. The molecule has 222 valence electrons. The van der Waals surface area contributed by atoms with E-state index in [2.05, 4.69) is 15.0 Å². The Morgan fingerprint density at radius 1 is 1.38 bits per heavy atom. The van der Waals surface area contributed by atoms with Crippen molar-refractivity contribution >= 4 is 47.8 Å². The Morgan fingerprint density at radius 3 is 2.80 bits per heavy atom. The number of phosphoric ester groups is 1. The highest BCUT2D eigenvalue weighted by Gasteiger charge is 2.60. The number of phosphoric acid groups is 1. The summed E-state index contributed by atoms with van der Waals surface area (Å²) in [5.74, 6) is -0.507. The van der Waals surface area contributed by atoms with Gasteiger partial charge in [0.15, 0.2) is 17.0 Å². The minimum absolute atomic E-state index is 0.0258. The first-order chi connectivity index (χ1) is 18.6. The molecule has 0 unspecified atom stereocenters. The molecular weight excluding hydrogens is 567 g/mol. The minimum Gasteiger partial charge on any atom is -0.463 e. The van der Waals surface area contributed by atoms with Crippen LogP contribution in [-0.2, 0) is 37.2 Å². The van der Waals surface area contributed by atoms with Gasteiger partial charge in [0.1, 0.15) is 36.0 Å². The molecule has 0 spiro atoms. The smallest absolute Gasteiger partial charge is 0.463 e. The Morgan fingerprint density at radius 2 is 2.10 bits per heavy atom. The third-order valence-electron chi connectivity index (χ3n) is 6.63. The largest absolute Gasteiger partial charge is 0.475 e. The van der Waals surface area contributed by atoms with Crippen LogP contribution in [0.2, 0.25) is 0 Å². The number of carbonyl (C=O) groups is 2. The molecule has 17 heteroatoms. The van der Waals surface area contributed by atoms with Gasteiger partial charge >= 0.3 is 13.8 Å². The summed E-state index contributed by atoms with van der Waals surface area (Å²) in [5, 5.41) is 11.1. The average Bonchev–Trinajstić information content (AvgIpc) is 3.41. The molecule has 2 saturated heterocycles. The lowest BCUT2D eigenvalue weighted by Crippen LogP contribution is -2.47. The summed E-state index contributed by atoms with van der Waals surface area (Å²) >= 11 is 0.932. The van der Waals surface area contributed by atoms with Crippen LogP contribution in [0.5, 0.6) is 0 Å². The van der Waals surface area contributed by atoms with Crippen molar-refractivity contribution in [3.8, 4) is 0 Å². The lowest BCUT2D eigenvalue weighted by molar-refractivity contribution is -0.150. The van der Waals surface area contributed by atoms with E-state index in [0.717, 1.165) is 11.8 Å². The van der Waals surface area contributed by atoms with Crippen LogP contribution in [0.25, 0.3) is 11.2 Å². The molecule has 0 saturated carbocycles. The monoisotopic (exact) mass is 602 g/mol. The molecule has 2 aromatic rings. The van der Waals surface area contributed by atoms with E-state index in [1.165, 1.54) is 24.0 Å². The van der Waals surface area contributed by atoms with Gasteiger partial charge in [0, 0.05) is 5.75 Å². The molecule has 0 amide bonds. The average molecular weight is 603 g/mol. The Labute approximate surface area is 235 Å². The fourth-order valence-electron chi connectivity index (χ4n) is 4.11. The van der Waals surface area contributed by atoms with Crippen molar-refractivity contribution in [3.63, 3.8) is 0 Å². The summed E-state index contributed by atoms with van der Waals surface area (Å²) in [6.45, 7) is 7.94. The normalized spacial score (nSPS) is 29.4. The van der Waals surface area contributed by atoms with E-state index in [4.69, 9.17) is 34.5 Å². The van der Waals surface area contributed by atoms with Crippen molar-refractivity contribution in [1.82, 2.24) is 19.5 Å². The second-order valence-electron chi connectivity index (χ2n) is 10.8. The quantitative estimate of drug-likeness (QED) is 0.199. The van der Waals surface area contributed by atoms with Gasteiger partial charge in [-0.25, -0.2) is 14.5 Å². The van der Waals surface area contributed by atoms with E-state index in [-0.39, 0.29) is 42.6 Å². The van der Waals surface area contributed by atoms with E-state index in [1.54, 1.807) is 27.7 Å². The topological polar surface area (TPSA) is 213 Å². The lowest BCUT2D eigenvalue weighted by atomic mass is 9.96. The standard InChI is InChI=1S/C23H35N6O9PS/c1-12(2)15(24)18(30)34-10-22(3,4)20(31)40-7-6-35-39(33)36-9-14-16(38-39)23(5,32)19(37-14)29-11-27-13-8-26-21(25)28-17(13)29/h8,11-12,14-16,19,32H,6-7,9-10,24H2,1-5H3,(H2,25,26,28)/t14-,15+,16-,19-,23-,39-/m1/s1. The number of fused-ring (bicyclic) bond motifs is 2. The Bertz CT molecular complexity index is 1300. The maximum Gasteiger partial charge on any atom is 0.475 e. The maximum absolute atomic E-state index is 13.2. The molecule has 40 heavy (non-hydrogen) atoms. The zero-order valence-electron chi connectivity index (χ0n) is 22.9. The summed E-state index contributed by atoms with van der Waals surface area (Å²) < 4.78 is 42.3. The second kappa shape index (κ2) is 11.6. The Kier molecular flexibility index (Phi) is 8.93. The van der Waals surface area contributed by atoms with Crippen molar-refractivity contribution < 1.29 is 42.3 Å².